The summed E-state index contributed by atoms with van der Waals surface area (Å²) in [6, 6.07) is 15.6. The summed E-state index contributed by atoms with van der Waals surface area (Å²) in [7, 11) is 0. The lowest BCUT2D eigenvalue weighted by Crippen LogP contribution is -2.49. The van der Waals surface area contributed by atoms with Crippen LogP contribution in [0.3, 0.4) is 0 Å². The molecule has 1 atom stereocenters. The number of nitrogens with one attached hydrogen (secondary N) is 1. The van der Waals surface area contributed by atoms with Gasteiger partial charge in [0, 0.05) is 44.0 Å². The lowest BCUT2D eigenvalue weighted by molar-refractivity contribution is 0.0858. The summed E-state index contributed by atoms with van der Waals surface area (Å²) >= 11 is 0. The predicted molar refractivity (Wildman–Crippen MR) is 117 cm³/mol. The molecule has 2 aromatic carbocycles. The molecule has 0 spiro atoms. The molecule has 30 heavy (non-hydrogen) atoms. The van der Waals surface area contributed by atoms with E-state index in [9.17, 15) is 9.59 Å². The zero-order chi connectivity index (χ0) is 20.9. The second kappa shape index (κ2) is 9.30. The number of nitrogens with zero attached hydrogens (tertiary/aromatic N) is 2. The lowest BCUT2D eigenvalue weighted by atomic mass is 10.1. The number of aryl methyl sites for hydroxylation is 1. The molecule has 6 heteroatoms. The van der Waals surface area contributed by atoms with E-state index in [1.54, 1.807) is 17.0 Å². The molecule has 4 rings (SSSR count). The molecule has 158 valence electrons. The van der Waals surface area contributed by atoms with Crippen LogP contribution >= 0.6 is 0 Å². The lowest BCUT2D eigenvalue weighted by Gasteiger charge is -2.35. The Morgan fingerprint density at radius 2 is 1.83 bits per heavy atom. The van der Waals surface area contributed by atoms with Crippen LogP contribution in [0.5, 0.6) is 0 Å². The molecule has 3 amide bonds. The molecule has 2 saturated heterocycles. The van der Waals surface area contributed by atoms with Crippen molar-refractivity contribution in [2.24, 2.45) is 0 Å². The minimum Gasteiger partial charge on any atom is -0.376 e. The van der Waals surface area contributed by atoms with Gasteiger partial charge in [-0.25, -0.2) is 4.79 Å². The van der Waals surface area contributed by atoms with Crippen molar-refractivity contribution in [2.45, 2.75) is 38.8 Å². The van der Waals surface area contributed by atoms with E-state index < -0.39 is 0 Å². The van der Waals surface area contributed by atoms with Crippen molar-refractivity contribution in [1.82, 2.24) is 10.2 Å². The first-order valence-corrected chi connectivity index (χ1v) is 10.7. The number of hydrogen-bond donors (Lipinski definition) is 1. The molecular formula is C24H29N3O3. The highest BCUT2D eigenvalue weighted by Gasteiger charge is 2.27. The Morgan fingerprint density at radius 3 is 2.53 bits per heavy atom. The summed E-state index contributed by atoms with van der Waals surface area (Å²) in [6.45, 7) is 5.43. The van der Waals surface area contributed by atoms with E-state index in [0.29, 0.717) is 25.2 Å². The van der Waals surface area contributed by atoms with Crippen molar-refractivity contribution >= 4 is 17.6 Å². The van der Waals surface area contributed by atoms with Gasteiger partial charge in [-0.2, -0.15) is 0 Å². The number of hydrogen-bond acceptors (Lipinski definition) is 3. The molecule has 6 nitrogen and oxygen atoms in total. The SMILES string of the molecule is Cc1ccc(CN2CCCN(c3ccc(C(=O)NC[C@H]4CCCO4)cc3)C2=O)cc1. The number of ether oxygens (including phenoxy) is 1. The maximum Gasteiger partial charge on any atom is 0.324 e. The molecule has 1 N–H and O–H groups in total. The van der Waals surface area contributed by atoms with Gasteiger partial charge in [-0.05, 0) is 56.0 Å². The number of anilines is 1. The van der Waals surface area contributed by atoms with E-state index in [1.807, 2.05) is 17.0 Å². The van der Waals surface area contributed by atoms with Gasteiger partial charge >= 0.3 is 6.03 Å². The molecule has 0 aliphatic carbocycles. The quantitative estimate of drug-likeness (QED) is 0.794. The van der Waals surface area contributed by atoms with E-state index in [1.165, 1.54) is 5.56 Å². The average Bonchev–Trinajstić information content (AvgIpc) is 3.29. The highest BCUT2D eigenvalue weighted by atomic mass is 16.5. The Kier molecular flexibility index (Phi) is 6.33. The van der Waals surface area contributed by atoms with Crippen LogP contribution in [0, 0.1) is 6.92 Å². The largest absolute Gasteiger partial charge is 0.376 e. The molecule has 0 radical (unpaired) electrons. The Balaban J connectivity index is 1.37. The molecule has 0 saturated carbocycles. The predicted octanol–water partition coefficient (Wildman–Crippen LogP) is 3.74. The van der Waals surface area contributed by atoms with Crippen LogP contribution in [0.25, 0.3) is 0 Å². The van der Waals surface area contributed by atoms with E-state index >= 15 is 0 Å². The van der Waals surface area contributed by atoms with Gasteiger partial charge in [0.15, 0.2) is 0 Å². The van der Waals surface area contributed by atoms with Crippen LogP contribution in [-0.4, -0.2) is 49.2 Å². The summed E-state index contributed by atoms with van der Waals surface area (Å²) < 4.78 is 5.54. The normalized spacial score (nSPS) is 19.2. The van der Waals surface area contributed by atoms with E-state index in [2.05, 4.69) is 36.5 Å². The molecular weight excluding hydrogens is 378 g/mol. The van der Waals surface area contributed by atoms with Crippen LogP contribution in [-0.2, 0) is 11.3 Å². The number of benzene rings is 2. The molecule has 2 aromatic rings. The standard InChI is InChI=1S/C24H29N3O3/c1-18-5-7-19(8-6-18)17-26-13-3-14-27(24(26)29)21-11-9-20(10-12-21)23(28)25-16-22-4-2-15-30-22/h5-12,22H,2-4,13-17H2,1H3,(H,25,28)/t22-/m1/s1. The first kappa shape index (κ1) is 20.4. The van der Waals surface area contributed by atoms with Crippen molar-refractivity contribution in [3.8, 4) is 0 Å². The Hall–Kier alpha value is -2.86. The van der Waals surface area contributed by atoms with Crippen molar-refractivity contribution in [3.63, 3.8) is 0 Å². The second-order valence-corrected chi connectivity index (χ2v) is 8.09. The molecule has 2 aliphatic heterocycles. The maximum atomic E-state index is 13.0. The fourth-order valence-corrected chi connectivity index (χ4v) is 3.99. The van der Waals surface area contributed by atoms with Gasteiger partial charge in [0.2, 0.25) is 0 Å². The maximum absolute atomic E-state index is 13.0. The van der Waals surface area contributed by atoms with E-state index in [0.717, 1.165) is 43.7 Å². The van der Waals surface area contributed by atoms with Crippen LogP contribution in [0.1, 0.15) is 40.7 Å². The van der Waals surface area contributed by atoms with E-state index in [4.69, 9.17) is 4.74 Å². The third-order valence-electron chi connectivity index (χ3n) is 5.76. The topological polar surface area (TPSA) is 61.9 Å². The fraction of sp³-hybridized carbons (Fsp3) is 0.417. The first-order chi connectivity index (χ1) is 14.6. The Labute approximate surface area is 177 Å². The molecule has 2 aliphatic rings. The molecule has 2 fully saturated rings. The summed E-state index contributed by atoms with van der Waals surface area (Å²) in [6.07, 6.45) is 3.09. The van der Waals surface area contributed by atoms with Gasteiger partial charge < -0.3 is 15.0 Å². The average molecular weight is 408 g/mol. The van der Waals surface area contributed by atoms with Gasteiger partial charge in [-0.15, -0.1) is 0 Å². The number of rotatable bonds is 6. The first-order valence-electron chi connectivity index (χ1n) is 10.7. The van der Waals surface area contributed by atoms with Gasteiger partial charge in [-0.1, -0.05) is 29.8 Å². The number of amides is 3. The van der Waals surface area contributed by atoms with Gasteiger partial charge in [0.05, 0.1) is 6.10 Å². The minimum atomic E-state index is -0.108. The number of carbonyl (C=O) groups excluding carboxylic acids is 2. The van der Waals surface area contributed by atoms with Gasteiger partial charge in [0.25, 0.3) is 5.91 Å². The second-order valence-electron chi connectivity index (χ2n) is 8.09. The monoisotopic (exact) mass is 407 g/mol. The molecule has 0 unspecified atom stereocenters. The van der Waals surface area contributed by atoms with E-state index in [-0.39, 0.29) is 18.0 Å². The van der Waals surface area contributed by atoms with Crippen LogP contribution in [0.15, 0.2) is 48.5 Å². The zero-order valence-corrected chi connectivity index (χ0v) is 17.5. The molecule has 0 bridgehead atoms. The summed E-state index contributed by atoms with van der Waals surface area (Å²) in [5.41, 5.74) is 3.77. The minimum absolute atomic E-state index is 0.0115. The summed E-state index contributed by atoms with van der Waals surface area (Å²) in [5, 5.41) is 2.93. The number of urea groups is 1. The Morgan fingerprint density at radius 1 is 1.07 bits per heavy atom. The zero-order valence-electron chi connectivity index (χ0n) is 17.5. The number of carbonyl (C=O) groups is 2. The van der Waals surface area contributed by atoms with Crippen LogP contribution in [0.4, 0.5) is 10.5 Å². The molecule has 0 aromatic heterocycles. The van der Waals surface area contributed by atoms with Gasteiger partial charge in [-0.3, -0.25) is 9.69 Å². The van der Waals surface area contributed by atoms with Crippen LogP contribution < -0.4 is 10.2 Å². The fourth-order valence-electron chi connectivity index (χ4n) is 3.99. The Bertz CT molecular complexity index is 874. The van der Waals surface area contributed by atoms with Crippen molar-refractivity contribution in [1.29, 1.82) is 0 Å². The summed E-state index contributed by atoms with van der Waals surface area (Å²) in [5.74, 6) is -0.108. The van der Waals surface area contributed by atoms with Crippen molar-refractivity contribution < 1.29 is 14.3 Å². The van der Waals surface area contributed by atoms with Crippen molar-refractivity contribution in [2.75, 3.05) is 31.1 Å². The smallest absolute Gasteiger partial charge is 0.324 e. The summed E-state index contributed by atoms with van der Waals surface area (Å²) in [4.78, 5) is 29.1. The van der Waals surface area contributed by atoms with Crippen molar-refractivity contribution in [3.05, 3.63) is 65.2 Å². The third kappa shape index (κ3) is 4.82. The highest BCUT2D eigenvalue weighted by Crippen LogP contribution is 2.22. The van der Waals surface area contributed by atoms with Crippen LogP contribution in [0.2, 0.25) is 0 Å². The highest BCUT2D eigenvalue weighted by molar-refractivity contribution is 5.96. The van der Waals surface area contributed by atoms with Gasteiger partial charge in [0.1, 0.15) is 0 Å². The third-order valence-corrected chi connectivity index (χ3v) is 5.76. The molecule has 2 heterocycles.